The van der Waals surface area contributed by atoms with E-state index in [1.807, 2.05) is 11.8 Å². The largest absolute Gasteiger partial charge is 0.340 e. The van der Waals surface area contributed by atoms with Crippen LogP contribution < -0.4 is 10.6 Å². The van der Waals surface area contributed by atoms with Crippen LogP contribution in [-0.4, -0.2) is 46.3 Å². The summed E-state index contributed by atoms with van der Waals surface area (Å²) in [7, 11) is 0. The molecule has 1 aromatic rings. The van der Waals surface area contributed by atoms with Gasteiger partial charge in [0.15, 0.2) is 0 Å². The normalized spacial score (nSPS) is 19.2. The highest BCUT2D eigenvalue weighted by Gasteiger charge is 2.23. The second kappa shape index (κ2) is 6.43. The molecule has 1 saturated heterocycles. The number of hydrogen-bond donors (Lipinski definition) is 2. The maximum atomic E-state index is 5.95. The Balaban J connectivity index is 1.87. The molecule has 3 N–H and O–H groups in total. The Hall–Kier alpha value is -0.750. The van der Waals surface area contributed by atoms with Crippen LogP contribution in [0.25, 0.3) is 0 Å². The first kappa shape index (κ1) is 13.7. The van der Waals surface area contributed by atoms with E-state index < -0.39 is 0 Å². The molecule has 0 aliphatic carbocycles. The van der Waals surface area contributed by atoms with Gasteiger partial charge in [-0.25, -0.2) is 0 Å². The fourth-order valence-corrected chi connectivity index (χ4v) is 2.76. The third kappa shape index (κ3) is 3.38. The first-order chi connectivity index (χ1) is 8.70. The van der Waals surface area contributed by atoms with E-state index in [1.165, 1.54) is 0 Å². The molecule has 6 heteroatoms. The van der Waals surface area contributed by atoms with Crippen LogP contribution in [0.1, 0.15) is 25.6 Å². The van der Waals surface area contributed by atoms with E-state index in [-0.39, 0.29) is 0 Å². The molecule has 18 heavy (non-hydrogen) atoms. The molecule has 1 atom stereocenters. The van der Waals surface area contributed by atoms with E-state index in [4.69, 9.17) is 5.73 Å². The van der Waals surface area contributed by atoms with Crippen molar-refractivity contribution in [2.75, 3.05) is 30.0 Å². The fraction of sp³-hybridized carbons (Fsp3) is 0.833. The van der Waals surface area contributed by atoms with Crippen molar-refractivity contribution in [3.05, 3.63) is 5.82 Å². The third-order valence-electron chi connectivity index (χ3n) is 3.63. The van der Waals surface area contributed by atoms with E-state index in [0.29, 0.717) is 12.0 Å². The maximum absolute atomic E-state index is 5.95. The Morgan fingerprint density at radius 2 is 2.22 bits per heavy atom. The lowest BCUT2D eigenvalue weighted by Gasteiger charge is -2.32. The zero-order valence-corrected chi connectivity index (χ0v) is 12.0. The molecule has 5 nitrogen and oxygen atoms in total. The van der Waals surface area contributed by atoms with Crippen molar-refractivity contribution in [1.82, 2.24) is 15.2 Å². The quantitative estimate of drug-likeness (QED) is 0.842. The Morgan fingerprint density at radius 1 is 1.50 bits per heavy atom. The van der Waals surface area contributed by atoms with Crippen molar-refractivity contribution in [2.24, 2.45) is 11.7 Å². The van der Waals surface area contributed by atoms with Crippen molar-refractivity contribution in [3.63, 3.8) is 0 Å². The average Bonchev–Trinajstić information content (AvgIpc) is 2.85. The van der Waals surface area contributed by atoms with Crippen LogP contribution in [0.5, 0.6) is 0 Å². The molecule has 2 heterocycles. The number of hydrogen-bond acceptors (Lipinski definition) is 5. The van der Waals surface area contributed by atoms with Crippen LogP contribution in [-0.2, 0) is 6.42 Å². The Morgan fingerprint density at radius 3 is 2.83 bits per heavy atom. The number of H-pyrrole nitrogens is 1. The number of aryl methyl sites for hydroxylation is 1. The molecular weight excluding hydrogens is 246 g/mol. The Kier molecular flexibility index (Phi) is 4.88. The molecule has 0 radical (unpaired) electrons. The molecule has 1 aromatic heterocycles. The minimum Gasteiger partial charge on any atom is -0.340 e. The minimum absolute atomic E-state index is 0.302. The van der Waals surface area contributed by atoms with Crippen molar-refractivity contribution in [3.8, 4) is 0 Å². The number of thioether (sulfide) groups is 1. The van der Waals surface area contributed by atoms with Crippen LogP contribution in [0.4, 0.5) is 5.95 Å². The van der Waals surface area contributed by atoms with Crippen molar-refractivity contribution >= 4 is 17.7 Å². The van der Waals surface area contributed by atoms with Gasteiger partial charge in [-0.15, -0.1) is 5.10 Å². The van der Waals surface area contributed by atoms with Gasteiger partial charge < -0.3 is 10.6 Å². The number of anilines is 1. The van der Waals surface area contributed by atoms with Gasteiger partial charge in [-0.3, -0.25) is 5.10 Å². The highest BCUT2D eigenvalue weighted by molar-refractivity contribution is 7.98. The van der Waals surface area contributed by atoms with Gasteiger partial charge in [0.05, 0.1) is 0 Å². The summed E-state index contributed by atoms with van der Waals surface area (Å²) in [5.74, 6) is 3.58. The van der Waals surface area contributed by atoms with Crippen LogP contribution >= 0.6 is 11.8 Å². The van der Waals surface area contributed by atoms with E-state index in [0.717, 1.165) is 49.9 Å². The molecule has 2 rings (SSSR count). The highest BCUT2D eigenvalue weighted by Crippen LogP contribution is 2.22. The summed E-state index contributed by atoms with van der Waals surface area (Å²) in [6.45, 7) is 4.14. The summed E-state index contributed by atoms with van der Waals surface area (Å²) in [6, 6.07) is 0.302. The lowest BCUT2D eigenvalue weighted by atomic mass is 9.91. The van der Waals surface area contributed by atoms with Gasteiger partial charge in [0.2, 0.25) is 5.95 Å². The first-order valence-corrected chi connectivity index (χ1v) is 8.01. The van der Waals surface area contributed by atoms with E-state index in [1.54, 1.807) is 0 Å². The average molecular weight is 269 g/mol. The molecule has 0 amide bonds. The minimum atomic E-state index is 0.302. The van der Waals surface area contributed by atoms with Gasteiger partial charge in [-0.05, 0) is 31.9 Å². The summed E-state index contributed by atoms with van der Waals surface area (Å²) in [5, 5.41) is 7.34. The molecular formula is C12H23N5S. The standard InChI is InChI=1S/C12H23N5S/c1-9(13)10-3-6-17(7-4-10)12-14-11(15-16-12)5-8-18-2/h9-10H,3-8,13H2,1-2H3,(H,14,15,16). The summed E-state index contributed by atoms with van der Waals surface area (Å²) in [5.41, 5.74) is 5.95. The van der Waals surface area contributed by atoms with Crippen molar-refractivity contribution < 1.29 is 0 Å². The summed E-state index contributed by atoms with van der Waals surface area (Å²) in [4.78, 5) is 6.82. The predicted octanol–water partition coefficient (Wildman–Crippen LogP) is 1.27. The van der Waals surface area contributed by atoms with Crippen LogP contribution in [0.2, 0.25) is 0 Å². The van der Waals surface area contributed by atoms with E-state index in [2.05, 4.69) is 33.3 Å². The van der Waals surface area contributed by atoms with Gasteiger partial charge in [-0.2, -0.15) is 16.7 Å². The van der Waals surface area contributed by atoms with Crippen LogP contribution in [0, 0.1) is 5.92 Å². The summed E-state index contributed by atoms with van der Waals surface area (Å²) < 4.78 is 0. The smallest absolute Gasteiger partial charge is 0.244 e. The number of nitrogens with two attached hydrogens (primary N) is 1. The SMILES string of the molecule is CSCCc1nc(N2CCC(C(C)N)CC2)n[nH]1. The zero-order chi connectivity index (χ0) is 13.0. The highest BCUT2D eigenvalue weighted by atomic mass is 32.2. The number of piperidine rings is 1. The van der Waals surface area contributed by atoms with Gasteiger partial charge >= 0.3 is 0 Å². The number of aromatic nitrogens is 3. The lowest BCUT2D eigenvalue weighted by molar-refractivity contribution is 0.352. The number of rotatable bonds is 5. The lowest BCUT2D eigenvalue weighted by Crippen LogP contribution is -2.40. The summed E-state index contributed by atoms with van der Waals surface area (Å²) >= 11 is 1.83. The number of nitrogens with zero attached hydrogens (tertiary/aromatic N) is 3. The molecule has 1 fully saturated rings. The molecule has 0 aromatic carbocycles. The fourth-order valence-electron chi connectivity index (χ4n) is 2.36. The number of aromatic amines is 1. The first-order valence-electron chi connectivity index (χ1n) is 6.61. The molecule has 0 bridgehead atoms. The third-order valence-corrected chi connectivity index (χ3v) is 4.24. The van der Waals surface area contributed by atoms with Gasteiger partial charge in [0, 0.05) is 31.3 Å². The monoisotopic (exact) mass is 269 g/mol. The summed E-state index contributed by atoms with van der Waals surface area (Å²) in [6.07, 6.45) is 5.36. The second-order valence-electron chi connectivity index (χ2n) is 5.01. The van der Waals surface area contributed by atoms with Crippen molar-refractivity contribution in [1.29, 1.82) is 0 Å². The molecule has 1 unspecified atom stereocenters. The topological polar surface area (TPSA) is 70.8 Å². The molecule has 1 aliphatic heterocycles. The number of nitrogens with one attached hydrogen (secondary N) is 1. The van der Waals surface area contributed by atoms with E-state index in [9.17, 15) is 0 Å². The van der Waals surface area contributed by atoms with Crippen molar-refractivity contribution in [2.45, 2.75) is 32.2 Å². The van der Waals surface area contributed by atoms with Gasteiger partial charge in [0.25, 0.3) is 0 Å². The van der Waals surface area contributed by atoms with Crippen LogP contribution in [0.15, 0.2) is 0 Å². The molecule has 102 valence electrons. The van der Waals surface area contributed by atoms with Crippen LogP contribution in [0.3, 0.4) is 0 Å². The van der Waals surface area contributed by atoms with Gasteiger partial charge in [-0.1, -0.05) is 0 Å². The molecule has 1 aliphatic rings. The zero-order valence-electron chi connectivity index (χ0n) is 11.2. The predicted molar refractivity (Wildman–Crippen MR) is 77.1 cm³/mol. The van der Waals surface area contributed by atoms with Gasteiger partial charge in [0.1, 0.15) is 5.82 Å². The second-order valence-corrected chi connectivity index (χ2v) is 5.99. The Labute approximate surface area is 113 Å². The van der Waals surface area contributed by atoms with E-state index >= 15 is 0 Å². The Bertz CT molecular complexity index is 357. The maximum Gasteiger partial charge on any atom is 0.244 e. The molecule has 0 spiro atoms. The molecule has 0 saturated carbocycles.